The first kappa shape index (κ1) is 15.9. The van der Waals surface area contributed by atoms with E-state index in [2.05, 4.69) is 10.4 Å². The second-order valence-electron chi connectivity index (χ2n) is 4.88. The van der Waals surface area contributed by atoms with E-state index in [0.29, 0.717) is 12.0 Å². The Morgan fingerprint density at radius 1 is 1.33 bits per heavy atom. The number of aryl methyl sites for hydroxylation is 2. The Balaban J connectivity index is 2.26. The highest BCUT2D eigenvalue weighted by Gasteiger charge is 2.31. The number of rotatable bonds is 4. The Kier molecular flexibility index (Phi) is 4.65. The molecule has 0 radical (unpaired) electrons. The number of halogens is 3. The normalized spacial score (nSPS) is 13.4. The van der Waals surface area contributed by atoms with Crippen LogP contribution < -0.4 is 11.3 Å². The van der Waals surface area contributed by atoms with Crippen molar-refractivity contribution in [1.29, 1.82) is 0 Å². The number of nitrogens with two attached hydrogens (primary N) is 1. The maximum Gasteiger partial charge on any atom is 0.416 e. The summed E-state index contributed by atoms with van der Waals surface area (Å²) in [5, 5.41) is 2.83. The van der Waals surface area contributed by atoms with Gasteiger partial charge in [-0.1, -0.05) is 6.07 Å². The first-order valence-corrected chi connectivity index (χ1v) is 7.24. The number of nitrogens with zero attached hydrogens (tertiary/aromatic N) is 1. The molecule has 3 N–H and O–H groups in total. The van der Waals surface area contributed by atoms with Crippen LogP contribution in [0, 0.1) is 13.8 Å². The summed E-state index contributed by atoms with van der Waals surface area (Å²) in [6, 6.07) is 3.44. The molecule has 0 saturated heterocycles. The average Bonchev–Trinajstić information content (AvgIpc) is 2.81. The molecular weight excluding hydrogens is 299 g/mol. The molecule has 21 heavy (non-hydrogen) atoms. The van der Waals surface area contributed by atoms with Gasteiger partial charge in [-0.2, -0.15) is 13.2 Å². The summed E-state index contributed by atoms with van der Waals surface area (Å²) >= 11 is 1.51. The number of hydrogen-bond donors (Lipinski definition) is 2. The van der Waals surface area contributed by atoms with Crippen molar-refractivity contribution >= 4 is 11.3 Å². The zero-order valence-corrected chi connectivity index (χ0v) is 12.5. The van der Waals surface area contributed by atoms with E-state index in [1.165, 1.54) is 17.4 Å². The summed E-state index contributed by atoms with van der Waals surface area (Å²) in [6.07, 6.45) is -3.79. The molecule has 0 bridgehead atoms. The van der Waals surface area contributed by atoms with Gasteiger partial charge in [0.1, 0.15) is 0 Å². The Morgan fingerprint density at radius 3 is 2.52 bits per heavy atom. The van der Waals surface area contributed by atoms with Gasteiger partial charge in [0.2, 0.25) is 0 Å². The molecule has 114 valence electrons. The zero-order chi connectivity index (χ0) is 15.6. The third-order valence-electron chi connectivity index (χ3n) is 3.22. The second kappa shape index (κ2) is 6.13. The standard InChI is InChI=1S/C14H16F3N3S/c1-8-5-10(14(15,16)17)3-4-11(8)12(20-18)6-13-19-9(2)7-21-13/h3-5,7,12,20H,6,18H2,1-2H3. The van der Waals surface area contributed by atoms with Crippen molar-refractivity contribution in [2.45, 2.75) is 32.5 Å². The Bertz CT molecular complexity index is 622. The van der Waals surface area contributed by atoms with E-state index in [-0.39, 0.29) is 6.04 Å². The number of hydrazine groups is 1. The zero-order valence-electron chi connectivity index (χ0n) is 11.7. The summed E-state index contributed by atoms with van der Waals surface area (Å²) in [7, 11) is 0. The van der Waals surface area contributed by atoms with Crippen molar-refractivity contribution in [1.82, 2.24) is 10.4 Å². The summed E-state index contributed by atoms with van der Waals surface area (Å²) in [5.74, 6) is 5.56. The summed E-state index contributed by atoms with van der Waals surface area (Å²) in [4.78, 5) is 4.35. The number of benzene rings is 1. The molecule has 1 heterocycles. The van der Waals surface area contributed by atoms with Gasteiger partial charge in [-0.15, -0.1) is 11.3 Å². The van der Waals surface area contributed by atoms with E-state index in [0.717, 1.165) is 28.4 Å². The van der Waals surface area contributed by atoms with Gasteiger partial charge < -0.3 is 0 Å². The Hall–Kier alpha value is -1.44. The van der Waals surface area contributed by atoms with Gasteiger partial charge in [-0.3, -0.25) is 11.3 Å². The van der Waals surface area contributed by atoms with Crippen molar-refractivity contribution in [3.8, 4) is 0 Å². The van der Waals surface area contributed by atoms with Crippen LogP contribution in [0.3, 0.4) is 0 Å². The summed E-state index contributed by atoms with van der Waals surface area (Å²) < 4.78 is 38.1. The van der Waals surface area contributed by atoms with Crippen molar-refractivity contribution in [2.75, 3.05) is 0 Å². The second-order valence-corrected chi connectivity index (χ2v) is 5.82. The van der Waals surface area contributed by atoms with E-state index >= 15 is 0 Å². The average molecular weight is 315 g/mol. The largest absolute Gasteiger partial charge is 0.416 e. The highest BCUT2D eigenvalue weighted by molar-refractivity contribution is 7.09. The molecule has 1 aromatic carbocycles. The van der Waals surface area contributed by atoms with Crippen LogP contribution in [-0.2, 0) is 12.6 Å². The van der Waals surface area contributed by atoms with Crippen LogP contribution in [0.25, 0.3) is 0 Å². The van der Waals surface area contributed by atoms with Crippen molar-refractivity contribution in [3.05, 3.63) is 51.0 Å². The molecule has 0 aliphatic heterocycles. The maximum absolute atomic E-state index is 12.7. The lowest BCUT2D eigenvalue weighted by Gasteiger charge is -2.19. The van der Waals surface area contributed by atoms with Crippen LogP contribution in [0.2, 0.25) is 0 Å². The van der Waals surface area contributed by atoms with Gasteiger partial charge >= 0.3 is 6.18 Å². The van der Waals surface area contributed by atoms with Gasteiger partial charge in [0.05, 0.1) is 16.6 Å². The number of alkyl halides is 3. The highest BCUT2D eigenvalue weighted by Crippen LogP contribution is 2.32. The van der Waals surface area contributed by atoms with Crippen LogP contribution in [0.1, 0.15) is 33.4 Å². The van der Waals surface area contributed by atoms with E-state index in [1.807, 2.05) is 12.3 Å². The molecule has 1 unspecified atom stereocenters. The number of aromatic nitrogens is 1. The molecule has 2 rings (SSSR count). The third-order valence-corrected chi connectivity index (χ3v) is 4.21. The fraction of sp³-hybridized carbons (Fsp3) is 0.357. The van der Waals surface area contributed by atoms with Gasteiger partial charge in [-0.05, 0) is 37.1 Å². The lowest BCUT2D eigenvalue weighted by atomic mass is 9.97. The third kappa shape index (κ3) is 3.81. The van der Waals surface area contributed by atoms with Crippen molar-refractivity contribution in [3.63, 3.8) is 0 Å². The minimum atomic E-state index is -4.33. The molecular formula is C14H16F3N3S. The molecule has 0 amide bonds. The van der Waals surface area contributed by atoms with E-state index < -0.39 is 11.7 Å². The van der Waals surface area contributed by atoms with Gasteiger partial charge in [0.25, 0.3) is 0 Å². The fourth-order valence-electron chi connectivity index (χ4n) is 2.17. The van der Waals surface area contributed by atoms with E-state index in [9.17, 15) is 13.2 Å². The fourth-order valence-corrected chi connectivity index (χ4v) is 2.99. The van der Waals surface area contributed by atoms with Crippen LogP contribution in [0.5, 0.6) is 0 Å². The molecule has 0 saturated carbocycles. The van der Waals surface area contributed by atoms with Crippen LogP contribution >= 0.6 is 11.3 Å². The summed E-state index contributed by atoms with van der Waals surface area (Å²) in [6.45, 7) is 3.55. The molecule has 3 nitrogen and oxygen atoms in total. The monoisotopic (exact) mass is 315 g/mol. The Labute approximate surface area is 125 Å². The van der Waals surface area contributed by atoms with Crippen molar-refractivity contribution < 1.29 is 13.2 Å². The van der Waals surface area contributed by atoms with Gasteiger partial charge in [-0.25, -0.2) is 4.98 Å². The molecule has 2 aromatic rings. The molecule has 7 heteroatoms. The molecule has 0 aliphatic carbocycles. The molecule has 0 spiro atoms. The SMILES string of the molecule is Cc1csc(CC(NN)c2ccc(C(F)(F)F)cc2C)n1. The predicted molar refractivity (Wildman–Crippen MR) is 76.8 cm³/mol. The highest BCUT2D eigenvalue weighted by atomic mass is 32.1. The van der Waals surface area contributed by atoms with Crippen LogP contribution in [0.15, 0.2) is 23.6 Å². The predicted octanol–water partition coefficient (Wildman–Crippen LogP) is 3.53. The Morgan fingerprint density at radius 2 is 2.05 bits per heavy atom. The van der Waals surface area contributed by atoms with E-state index in [1.54, 1.807) is 6.92 Å². The van der Waals surface area contributed by atoms with Gasteiger partial charge in [0.15, 0.2) is 0 Å². The lowest BCUT2D eigenvalue weighted by Crippen LogP contribution is -2.30. The minimum Gasteiger partial charge on any atom is -0.271 e. The molecule has 0 fully saturated rings. The van der Waals surface area contributed by atoms with Gasteiger partial charge in [0, 0.05) is 17.5 Å². The van der Waals surface area contributed by atoms with Crippen LogP contribution in [0.4, 0.5) is 13.2 Å². The first-order chi connectivity index (χ1) is 9.81. The van der Waals surface area contributed by atoms with Crippen LogP contribution in [-0.4, -0.2) is 4.98 Å². The molecule has 1 atom stereocenters. The number of hydrogen-bond acceptors (Lipinski definition) is 4. The first-order valence-electron chi connectivity index (χ1n) is 6.36. The lowest BCUT2D eigenvalue weighted by molar-refractivity contribution is -0.137. The van der Waals surface area contributed by atoms with Crippen molar-refractivity contribution in [2.24, 2.45) is 5.84 Å². The minimum absolute atomic E-state index is 0.266. The maximum atomic E-state index is 12.7. The summed E-state index contributed by atoms with van der Waals surface area (Å²) in [5.41, 5.74) is 4.24. The quantitative estimate of drug-likeness (QED) is 0.670. The topological polar surface area (TPSA) is 50.9 Å². The number of nitrogens with one attached hydrogen (secondary N) is 1. The van der Waals surface area contributed by atoms with E-state index in [4.69, 9.17) is 5.84 Å². The molecule has 0 aliphatic rings. The smallest absolute Gasteiger partial charge is 0.271 e. The number of thiazole rings is 1. The molecule has 1 aromatic heterocycles.